The van der Waals surface area contributed by atoms with E-state index in [0.717, 1.165) is 12.0 Å². The number of ether oxygens (including phenoxy) is 1. The Hall–Kier alpha value is -0.420. The first-order valence-corrected chi connectivity index (χ1v) is 7.20. The lowest BCUT2D eigenvalue weighted by Gasteiger charge is -2.29. The number of rotatable bonds is 0. The van der Waals surface area contributed by atoms with Crippen LogP contribution in [0, 0.1) is 23.2 Å². The first kappa shape index (κ1) is 13.6. The van der Waals surface area contributed by atoms with Crippen LogP contribution in [0.5, 0.6) is 0 Å². The van der Waals surface area contributed by atoms with Crippen LogP contribution in [0.25, 0.3) is 0 Å². The molecule has 0 radical (unpaired) electrons. The van der Waals surface area contributed by atoms with Crippen molar-refractivity contribution in [2.24, 2.45) is 23.2 Å². The summed E-state index contributed by atoms with van der Waals surface area (Å²) < 4.78 is 5.33. The van der Waals surface area contributed by atoms with Gasteiger partial charge in [-0.3, -0.25) is 0 Å². The largest absolute Gasteiger partial charge is 0.392 e. The summed E-state index contributed by atoms with van der Waals surface area (Å²) in [5, 5.41) is 30.9. The van der Waals surface area contributed by atoms with Gasteiger partial charge in [-0.05, 0) is 29.7 Å². The van der Waals surface area contributed by atoms with E-state index < -0.39 is 12.4 Å². The van der Waals surface area contributed by atoms with Gasteiger partial charge in [0.1, 0.15) is 0 Å². The molecule has 0 spiro atoms. The Morgan fingerprint density at radius 3 is 2.47 bits per heavy atom. The second-order valence-corrected chi connectivity index (χ2v) is 7.19. The van der Waals surface area contributed by atoms with Crippen molar-refractivity contribution in [3.8, 4) is 0 Å². The van der Waals surface area contributed by atoms with Crippen molar-refractivity contribution in [3.63, 3.8) is 0 Å². The minimum absolute atomic E-state index is 0.0959. The van der Waals surface area contributed by atoms with Crippen molar-refractivity contribution in [1.82, 2.24) is 0 Å². The first-order chi connectivity index (χ1) is 8.83. The van der Waals surface area contributed by atoms with Crippen LogP contribution in [-0.2, 0) is 4.74 Å². The summed E-state index contributed by atoms with van der Waals surface area (Å²) in [5.41, 5.74) is 2.13. The summed E-state index contributed by atoms with van der Waals surface area (Å²) in [4.78, 5) is 0. The highest BCUT2D eigenvalue weighted by molar-refractivity contribution is 5.32. The molecule has 3 rings (SSSR count). The summed E-state index contributed by atoms with van der Waals surface area (Å²) in [6.07, 6.45) is -0.415. The fourth-order valence-corrected chi connectivity index (χ4v) is 4.32. The van der Waals surface area contributed by atoms with E-state index in [0.29, 0.717) is 13.0 Å². The van der Waals surface area contributed by atoms with E-state index in [9.17, 15) is 15.3 Å². The quantitative estimate of drug-likeness (QED) is 0.574. The Labute approximate surface area is 114 Å². The Morgan fingerprint density at radius 2 is 1.79 bits per heavy atom. The highest BCUT2D eigenvalue weighted by atomic mass is 16.6. The maximum absolute atomic E-state index is 10.6. The Morgan fingerprint density at radius 1 is 1.11 bits per heavy atom. The Balaban J connectivity index is 2.09. The van der Waals surface area contributed by atoms with Gasteiger partial charge in [0.05, 0.1) is 24.7 Å². The van der Waals surface area contributed by atoms with Crippen molar-refractivity contribution in [2.45, 2.75) is 52.1 Å². The van der Waals surface area contributed by atoms with Crippen LogP contribution in [-0.4, -0.2) is 40.4 Å². The molecule has 19 heavy (non-hydrogen) atoms. The molecule has 0 aromatic rings. The zero-order valence-corrected chi connectivity index (χ0v) is 11.8. The number of fused-ring (bicyclic) bond motifs is 2. The molecule has 0 amide bonds. The molecule has 6 atom stereocenters. The molecule has 1 saturated heterocycles. The Bertz CT molecular complexity index is 414. The second-order valence-electron chi connectivity index (χ2n) is 7.19. The predicted octanol–water partition coefficient (Wildman–Crippen LogP) is 1.06. The molecule has 4 nitrogen and oxygen atoms in total. The maximum atomic E-state index is 10.6. The first-order valence-electron chi connectivity index (χ1n) is 7.20. The number of aliphatic hydroxyl groups excluding tert-OH is 3. The van der Waals surface area contributed by atoms with Gasteiger partial charge in [0.2, 0.25) is 0 Å². The molecule has 3 aliphatic rings. The highest BCUT2D eigenvalue weighted by Crippen LogP contribution is 2.54. The third-order valence-corrected chi connectivity index (χ3v) is 5.36. The van der Waals surface area contributed by atoms with Crippen LogP contribution in [0.4, 0.5) is 0 Å². The van der Waals surface area contributed by atoms with Gasteiger partial charge in [0, 0.05) is 5.92 Å². The van der Waals surface area contributed by atoms with Gasteiger partial charge in [-0.2, -0.15) is 0 Å². The molecule has 1 saturated carbocycles. The van der Waals surface area contributed by atoms with Crippen LogP contribution >= 0.6 is 0 Å². The zero-order valence-electron chi connectivity index (χ0n) is 11.8. The smallest absolute Gasteiger partial charge is 0.164 e. The van der Waals surface area contributed by atoms with Crippen LogP contribution in [0.3, 0.4) is 0 Å². The van der Waals surface area contributed by atoms with E-state index in [4.69, 9.17) is 4.74 Å². The van der Waals surface area contributed by atoms with Gasteiger partial charge in [-0.15, -0.1) is 0 Å². The fraction of sp³-hybridized carbons (Fsp3) is 0.867. The molecule has 4 heteroatoms. The maximum Gasteiger partial charge on any atom is 0.164 e. The fourth-order valence-electron chi connectivity index (χ4n) is 4.32. The van der Waals surface area contributed by atoms with Gasteiger partial charge >= 0.3 is 0 Å². The van der Waals surface area contributed by atoms with Crippen molar-refractivity contribution in [2.75, 3.05) is 6.61 Å². The SMILES string of the molecule is C[C@H]1C[C@@H](O)[C@H]2C(=C3CC(C)(C)[C@@H](O)[C@H]31)CO[C@H]2O. The van der Waals surface area contributed by atoms with Gasteiger partial charge in [0.15, 0.2) is 6.29 Å². The predicted molar refractivity (Wildman–Crippen MR) is 70.2 cm³/mol. The molecule has 0 aromatic heterocycles. The molecular weight excluding hydrogens is 244 g/mol. The van der Waals surface area contributed by atoms with Gasteiger partial charge in [-0.25, -0.2) is 0 Å². The lowest BCUT2D eigenvalue weighted by atomic mass is 9.81. The molecule has 0 unspecified atom stereocenters. The third-order valence-electron chi connectivity index (χ3n) is 5.36. The monoisotopic (exact) mass is 268 g/mol. The average Bonchev–Trinajstić information content (AvgIpc) is 2.75. The van der Waals surface area contributed by atoms with Crippen molar-refractivity contribution >= 4 is 0 Å². The van der Waals surface area contributed by atoms with Gasteiger partial charge in [-0.1, -0.05) is 26.3 Å². The van der Waals surface area contributed by atoms with E-state index in [-0.39, 0.29) is 29.3 Å². The molecule has 2 fully saturated rings. The summed E-state index contributed by atoms with van der Waals surface area (Å²) in [7, 11) is 0. The summed E-state index contributed by atoms with van der Waals surface area (Å²) in [6.45, 7) is 6.66. The minimum Gasteiger partial charge on any atom is -0.392 e. The molecule has 0 aromatic carbocycles. The highest BCUT2D eigenvalue weighted by Gasteiger charge is 2.52. The lowest BCUT2D eigenvalue weighted by molar-refractivity contribution is -0.107. The van der Waals surface area contributed by atoms with Gasteiger partial charge < -0.3 is 20.1 Å². The minimum atomic E-state index is -0.899. The van der Waals surface area contributed by atoms with Crippen molar-refractivity contribution in [3.05, 3.63) is 11.1 Å². The third kappa shape index (κ3) is 1.88. The number of hydrogen-bond donors (Lipinski definition) is 3. The van der Waals surface area contributed by atoms with E-state index in [1.807, 2.05) is 0 Å². The van der Waals surface area contributed by atoms with Crippen LogP contribution in [0.15, 0.2) is 11.1 Å². The molecule has 2 aliphatic carbocycles. The number of aliphatic hydroxyl groups is 3. The summed E-state index contributed by atoms with van der Waals surface area (Å²) >= 11 is 0. The molecule has 1 aliphatic heterocycles. The average molecular weight is 268 g/mol. The van der Waals surface area contributed by atoms with Crippen LogP contribution < -0.4 is 0 Å². The van der Waals surface area contributed by atoms with Crippen LogP contribution in [0.1, 0.15) is 33.6 Å². The molecule has 3 N–H and O–H groups in total. The van der Waals surface area contributed by atoms with E-state index >= 15 is 0 Å². The van der Waals surface area contributed by atoms with E-state index in [1.54, 1.807) is 0 Å². The number of hydrogen-bond acceptors (Lipinski definition) is 4. The summed E-state index contributed by atoms with van der Waals surface area (Å²) in [6, 6.07) is 0. The topological polar surface area (TPSA) is 69.9 Å². The van der Waals surface area contributed by atoms with E-state index in [2.05, 4.69) is 20.8 Å². The molecule has 1 heterocycles. The zero-order chi connectivity index (χ0) is 13.9. The van der Waals surface area contributed by atoms with E-state index in [1.165, 1.54) is 5.57 Å². The molecule has 108 valence electrons. The Kier molecular flexibility index (Phi) is 3.06. The normalized spacial score (nSPS) is 48.9. The molecule has 0 bridgehead atoms. The lowest BCUT2D eigenvalue weighted by Crippen LogP contribution is -2.33. The van der Waals surface area contributed by atoms with Crippen molar-refractivity contribution < 1.29 is 20.1 Å². The second kappa shape index (κ2) is 4.29. The summed E-state index contributed by atoms with van der Waals surface area (Å²) in [5.74, 6) is 0.0224. The molecular formula is C15H24O4. The van der Waals surface area contributed by atoms with Gasteiger partial charge in [0.25, 0.3) is 0 Å². The standard InChI is InChI=1S/C15H24O4/c1-7-4-10(16)12-9(6-19-14(12)18)8-5-15(2,3)13(17)11(7)8/h7,10-14,16-18H,4-6H2,1-3H3/t7-,10+,11-,12+,13-,14+/m0/s1. The van der Waals surface area contributed by atoms with Crippen molar-refractivity contribution in [1.29, 1.82) is 0 Å². The van der Waals surface area contributed by atoms with Crippen LogP contribution in [0.2, 0.25) is 0 Å².